The lowest BCUT2D eigenvalue weighted by atomic mass is 10.1. The highest BCUT2D eigenvalue weighted by molar-refractivity contribution is 9.10. The first-order valence-corrected chi connectivity index (χ1v) is 10.5. The van der Waals surface area contributed by atoms with Crippen LogP contribution in [0.4, 0.5) is 5.69 Å². The molecule has 0 aromatic heterocycles. The summed E-state index contributed by atoms with van der Waals surface area (Å²) in [6, 6.07) is 20.4. The lowest BCUT2D eigenvalue weighted by Gasteiger charge is -2.18. The van der Waals surface area contributed by atoms with Gasteiger partial charge in [-0.3, -0.25) is 9.59 Å². The third-order valence-electron chi connectivity index (χ3n) is 5.19. The Morgan fingerprint density at radius 3 is 2.40 bits per heavy atom. The molecule has 0 bridgehead atoms. The molecule has 152 valence electrons. The van der Waals surface area contributed by atoms with Gasteiger partial charge in [-0.2, -0.15) is 0 Å². The molecule has 5 nitrogen and oxygen atoms in total. The van der Waals surface area contributed by atoms with Crippen molar-refractivity contribution in [2.75, 3.05) is 18.6 Å². The highest BCUT2D eigenvalue weighted by Gasteiger charge is 2.26. The molecular formula is C24H21BrN2O3. The van der Waals surface area contributed by atoms with Gasteiger partial charge < -0.3 is 15.0 Å². The Hall–Kier alpha value is -3.12. The van der Waals surface area contributed by atoms with E-state index in [1.165, 1.54) is 0 Å². The van der Waals surface area contributed by atoms with Crippen LogP contribution in [0.15, 0.2) is 71.2 Å². The summed E-state index contributed by atoms with van der Waals surface area (Å²) >= 11 is 3.37. The van der Waals surface area contributed by atoms with Gasteiger partial charge in [0.2, 0.25) is 0 Å². The zero-order valence-electron chi connectivity index (χ0n) is 16.5. The summed E-state index contributed by atoms with van der Waals surface area (Å²) < 4.78 is 6.10. The van der Waals surface area contributed by atoms with Crippen LogP contribution in [-0.2, 0) is 13.0 Å². The zero-order chi connectivity index (χ0) is 21.1. The minimum Gasteiger partial charge on any atom is -0.497 e. The molecular weight excluding hydrogens is 444 g/mol. The lowest BCUT2D eigenvalue weighted by Crippen LogP contribution is -2.29. The van der Waals surface area contributed by atoms with Crippen molar-refractivity contribution in [1.82, 2.24) is 5.32 Å². The summed E-state index contributed by atoms with van der Waals surface area (Å²) in [7, 11) is 1.60. The molecule has 0 saturated carbocycles. The molecule has 1 N–H and O–H groups in total. The van der Waals surface area contributed by atoms with E-state index in [1.54, 1.807) is 48.4 Å². The Kier molecular flexibility index (Phi) is 5.86. The Morgan fingerprint density at radius 1 is 1.00 bits per heavy atom. The smallest absolute Gasteiger partial charge is 0.258 e. The number of carbonyl (C=O) groups is 2. The SMILES string of the molecule is COc1ccc(C(=O)N2CCc3ccc(CNC(=O)c4ccc(Br)cc4)cc32)cc1. The molecule has 1 aliphatic rings. The van der Waals surface area contributed by atoms with E-state index in [0.29, 0.717) is 24.2 Å². The second-order valence-corrected chi connectivity index (χ2v) is 8.00. The van der Waals surface area contributed by atoms with Crippen LogP contribution in [0.3, 0.4) is 0 Å². The van der Waals surface area contributed by atoms with Gasteiger partial charge in [0.1, 0.15) is 5.75 Å². The van der Waals surface area contributed by atoms with Crippen LogP contribution >= 0.6 is 15.9 Å². The number of methoxy groups -OCH3 is 1. The number of benzene rings is 3. The number of nitrogens with zero attached hydrogens (tertiary/aromatic N) is 1. The van der Waals surface area contributed by atoms with Crippen molar-refractivity contribution in [1.29, 1.82) is 0 Å². The monoisotopic (exact) mass is 464 g/mol. The van der Waals surface area contributed by atoms with Crippen molar-refractivity contribution in [3.8, 4) is 5.75 Å². The molecule has 4 rings (SSSR count). The number of rotatable bonds is 5. The zero-order valence-corrected chi connectivity index (χ0v) is 18.1. The van der Waals surface area contributed by atoms with Gasteiger partial charge in [0, 0.05) is 34.4 Å². The van der Waals surface area contributed by atoms with Crippen LogP contribution < -0.4 is 15.0 Å². The van der Waals surface area contributed by atoms with Gasteiger partial charge in [0.25, 0.3) is 11.8 Å². The molecule has 2 amide bonds. The maximum absolute atomic E-state index is 13.0. The van der Waals surface area contributed by atoms with Crippen LogP contribution in [0.5, 0.6) is 5.75 Å². The van der Waals surface area contributed by atoms with E-state index in [2.05, 4.69) is 21.2 Å². The summed E-state index contributed by atoms with van der Waals surface area (Å²) in [5, 5.41) is 2.94. The molecule has 0 spiro atoms. The van der Waals surface area contributed by atoms with Crippen LogP contribution in [0, 0.1) is 0 Å². The number of ether oxygens (including phenoxy) is 1. The van der Waals surface area contributed by atoms with Crippen LogP contribution in [0.2, 0.25) is 0 Å². The number of amides is 2. The van der Waals surface area contributed by atoms with Crippen LogP contribution in [0.25, 0.3) is 0 Å². The molecule has 3 aromatic rings. The minimum absolute atomic E-state index is 0.0348. The lowest BCUT2D eigenvalue weighted by molar-refractivity contribution is 0.0949. The van der Waals surface area contributed by atoms with Crippen molar-refractivity contribution in [2.24, 2.45) is 0 Å². The normalized spacial score (nSPS) is 12.4. The molecule has 0 radical (unpaired) electrons. The predicted molar refractivity (Wildman–Crippen MR) is 120 cm³/mol. The minimum atomic E-state index is -0.130. The molecule has 0 unspecified atom stereocenters. The first kappa shape index (κ1) is 20.2. The van der Waals surface area contributed by atoms with E-state index >= 15 is 0 Å². The molecule has 0 aliphatic carbocycles. The van der Waals surface area contributed by atoms with Gasteiger partial charge in [-0.05, 0) is 72.1 Å². The largest absolute Gasteiger partial charge is 0.497 e. The average molecular weight is 465 g/mol. The van der Waals surface area contributed by atoms with Gasteiger partial charge in [-0.25, -0.2) is 0 Å². The molecule has 0 saturated heterocycles. The van der Waals surface area contributed by atoms with Gasteiger partial charge in [0.05, 0.1) is 7.11 Å². The Balaban J connectivity index is 1.47. The highest BCUT2D eigenvalue weighted by Crippen LogP contribution is 2.30. The van der Waals surface area contributed by atoms with E-state index in [9.17, 15) is 9.59 Å². The van der Waals surface area contributed by atoms with E-state index in [1.807, 2.05) is 30.3 Å². The first-order valence-electron chi connectivity index (χ1n) is 9.66. The number of hydrogen-bond donors (Lipinski definition) is 1. The Labute approximate surface area is 183 Å². The second kappa shape index (κ2) is 8.71. The molecule has 0 fully saturated rings. The second-order valence-electron chi connectivity index (χ2n) is 7.09. The van der Waals surface area contributed by atoms with Gasteiger partial charge in [-0.15, -0.1) is 0 Å². The number of halogens is 1. The van der Waals surface area contributed by atoms with E-state index in [0.717, 1.165) is 33.5 Å². The number of anilines is 1. The average Bonchev–Trinajstić information content (AvgIpc) is 3.20. The summed E-state index contributed by atoms with van der Waals surface area (Å²) in [6.07, 6.45) is 0.822. The van der Waals surface area contributed by atoms with E-state index in [-0.39, 0.29) is 11.8 Å². The van der Waals surface area contributed by atoms with Crippen LogP contribution in [0.1, 0.15) is 31.8 Å². The van der Waals surface area contributed by atoms with Crippen LogP contribution in [-0.4, -0.2) is 25.5 Å². The third-order valence-corrected chi connectivity index (χ3v) is 5.72. The quantitative estimate of drug-likeness (QED) is 0.600. The fraction of sp³-hybridized carbons (Fsp3) is 0.167. The van der Waals surface area contributed by atoms with Crippen molar-refractivity contribution in [3.05, 3.63) is 93.5 Å². The van der Waals surface area contributed by atoms with Crippen molar-refractivity contribution in [3.63, 3.8) is 0 Å². The number of carbonyl (C=O) groups excluding carboxylic acids is 2. The first-order chi connectivity index (χ1) is 14.5. The molecule has 1 aliphatic heterocycles. The van der Waals surface area contributed by atoms with Gasteiger partial charge in [0.15, 0.2) is 0 Å². The predicted octanol–water partition coefficient (Wildman–Crippen LogP) is 4.59. The Morgan fingerprint density at radius 2 is 1.70 bits per heavy atom. The van der Waals surface area contributed by atoms with Gasteiger partial charge in [-0.1, -0.05) is 28.1 Å². The summed E-state index contributed by atoms with van der Waals surface area (Å²) in [6.45, 7) is 1.04. The molecule has 30 heavy (non-hydrogen) atoms. The number of nitrogens with one attached hydrogen (secondary N) is 1. The maximum Gasteiger partial charge on any atom is 0.258 e. The fourth-order valence-corrected chi connectivity index (χ4v) is 3.79. The molecule has 6 heteroatoms. The summed E-state index contributed by atoms with van der Waals surface area (Å²) in [5.74, 6) is 0.554. The topological polar surface area (TPSA) is 58.6 Å². The molecule has 1 heterocycles. The fourth-order valence-electron chi connectivity index (χ4n) is 3.52. The van der Waals surface area contributed by atoms with Crippen molar-refractivity contribution >= 4 is 33.4 Å². The van der Waals surface area contributed by atoms with Crippen molar-refractivity contribution in [2.45, 2.75) is 13.0 Å². The molecule has 0 atom stereocenters. The van der Waals surface area contributed by atoms with Gasteiger partial charge >= 0.3 is 0 Å². The number of fused-ring (bicyclic) bond motifs is 1. The van der Waals surface area contributed by atoms with E-state index in [4.69, 9.17) is 4.74 Å². The summed E-state index contributed by atoms with van der Waals surface area (Å²) in [5.41, 5.74) is 4.23. The van der Waals surface area contributed by atoms with E-state index < -0.39 is 0 Å². The standard InChI is InChI=1S/C24H21BrN2O3/c1-30-21-10-6-19(7-11-21)24(29)27-13-12-17-3-2-16(14-22(17)27)15-26-23(28)18-4-8-20(25)9-5-18/h2-11,14H,12-13,15H2,1H3,(H,26,28). The highest BCUT2D eigenvalue weighted by atomic mass is 79.9. The number of hydrogen-bond acceptors (Lipinski definition) is 3. The maximum atomic E-state index is 13.0. The Bertz CT molecular complexity index is 1080. The third kappa shape index (κ3) is 4.24. The summed E-state index contributed by atoms with van der Waals surface area (Å²) in [4.78, 5) is 27.2. The molecule has 3 aromatic carbocycles. The van der Waals surface area contributed by atoms with Crippen molar-refractivity contribution < 1.29 is 14.3 Å².